The van der Waals surface area contributed by atoms with Crippen molar-refractivity contribution in [1.82, 2.24) is 4.98 Å². The number of pyridine rings is 1. The molecule has 3 nitrogen and oxygen atoms in total. The zero-order valence-electron chi connectivity index (χ0n) is 6.54. The van der Waals surface area contributed by atoms with E-state index in [1.54, 1.807) is 0 Å². The zero-order valence-corrected chi connectivity index (χ0v) is 7.30. The molecular weight excluding hydrogens is 190 g/mol. The molecule has 0 aliphatic rings. The van der Waals surface area contributed by atoms with E-state index in [0.29, 0.717) is 15.9 Å². The van der Waals surface area contributed by atoms with Gasteiger partial charge in [-0.25, -0.2) is 0 Å². The van der Waals surface area contributed by atoms with Crippen molar-refractivity contribution < 1.29 is 5.11 Å². The molecule has 1 heterocycles. The summed E-state index contributed by atoms with van der Waals surface area (Å²) < 4.78 is 0. The fraction of sp³-hybridized carbons (Fsp3) is 0. The van der Waals surface area contributed by atoms with Gasteiger partial charge in [0.2, 0.25) is 0 Å². The lowest BCUT2D eigenvalue weighted by Gasteiger charge is -2.00. The lowest BCUT2D eigenvalue weighted by molar-refractivity contribution is 0.480. The standard InChI is InChI=1S/C9H6ClNO2/c10-5-1-2-7(13)9-8(5)6(12)3-4-11-9/h1-4,13H,(H,11,12). The summed E-state index contributed by atoms with van der Waals surface area (Å²) in [4.78, 5) is 14.1. The molecule has 0 aliphatic heterocycles. The van der Waals surface area contributed by atoms with E-state index in [4.69, 9.17) is 11.6 Å². The Bertz CT molecular complexity index is 518. The van der Waals surface area contributed by atoms with Crippen molar-refractivity contribution in [2.45, 2.75) is 0 Å². The molecule has 4 heteroatoms. The third kappa shape index (κ3) is 1.17. The molecule has 0 spiro atoms. The molecule has 0 radical (unpaired) electrons. The number of rotatable bonds is 0. The summed E-state index contributed by atoms with van der Waals surface area (Å²) in [7, 11) is 0. The number of nitrogens with one attached hydrogen (secondary N) is 1. The third-order valence-electron chi connectivity index (χ3n) is 1.84. The molecule has 2 N–H and O–H groups in total. The quantitative estimate of drug-likeness (QED) is 0.675. The summed E-state index contributed by atoms with van der Waals surface area (Å²) in [5.74, 6) is 0.0251. The van der Waals surface area contributed by atoms with Gasteiger partial charge in [0.25, 0.3) is 0 Å². The first-order valence-corrected chi connectivity index (χ1v) is 4.07. The smallest absolute Gasteiger partial charge is 0.191 e. The Labute approximate surface area is 78.6 Å². The lowest BCUT2D eigenvalue weighted by Crippen LogP contribution is -2.00. The Kier molecular flexibility index (Phi) is 1.74. The van der Waals surface area contributed by atoms with Crippen molar-refractivity contribution in [2.24, 2.45) is 0 Å². The number of aromatic hydroxyl groups is 1. The predicted octanol–water partition coefficient (Wildman–Crippen LogP) is 1.89. The number of phenols is 1. The van der Waals surface area contributed by atoms with Crippen molar-refractivity contribution in [3.05, 3.63) is 39.6 Å². The summed E-state index contributed by atoms with van der Waals surface area (Å²) in [5, 5.41) is 10.1. The van der Waals surface area contributed by atoms with Crippen LogP contribution in [0.1, 0.15) is 0 Å². The van der Waals surface area contributed by atoms with Gasteiger partial charge in [-0.3, -0.25) is 4.79 Å². The van der Waals surface area contributed by atoms with Crippen LogP contribution in [0, 0.1) is 0 Å². The Morgan fingerprint density at radius 2 is 2.08 bits per heavy atom. The van der Waals surface area contributed by atoms with Gasteiger partial charge in [-0.2, -0.15) is 0 Å². The number of phenolic OH excluding ortho intramolecular Hbond substituents is 1. The van der Waals surface area contributed by atoms with E-state index in [0.717, 1.165) is 0 Å². The van der Waals surface area contributed by atoms with Gasteiger partial charge in [-0.05, 0) is 12.1 Å². The van der Waals surface area contributed by atoms with Gasteiger partial charge in [0.1, 0.15) is 5.75 Å². The first-order chi connectivity index (χ1) is 6.20. The van der Waals surface area contributed by atoms with E-state index < -0.39 is 0 Å². The number of hydrogen-bond donors (Lipinski definition) is 2. The minimum atomic E-state index is -0.199. The van der Waals surface area contributed by atoms with Crippen LogP contribution < -0.4 is 5.43 Å². The van der Waals surface area contributed by atoms with E-state index >= 15 is 0 Å². The van der Waals surface area contributed by atoms with E-state index in [1.807, 2.05) is 0 Å². The van der Waals surface area contributed by atoms with Crippen LogP contribution in [0.4, 0.5) is 0 Å². The van der Waals surface area contributed by atoms with Crippen molar-refractivity contribution in [2.75, 3.05) is 0 Å². The minimum absolute atomic E-state index is 0.0251. The van der Waals surface area contributed by atoms with Gasteiger partial charge in [0.15, 0.2) is 5.43 Å². The molecule has 0 aliphatic carbocycles. The Morgan fingerprint density at radius 1 is 1.31 bits per heavy atom. The molecule has 1 aromatic heterocycles. The monoisotopic (exact) mass is 195 g/mol. The molecule has 66 valence electrons. The lowest BCUT2D eigenvalue weighted by atomic mass is 10.2. The number of aromatic amines is 1. The maximum Gasteiger partial charge on any atom is 0.191 e. The maximum atomic E-state index is 11.3. The first kappa shape index (κ1) is 8.13. The van der Waals surface area contributed by atoms with Crippen molar-refractivity contribution in [1.29, 1.82) is 0 Å². The number of hydrogen-bond acceptors (Lipinski definition) is 2. The van der Waals surface area contributed by atoms with E-state index in [9.17, 15) is 9.90 Å². The molecule has 0 saturated carbocycles. The Balaban J connectivity index is 3.09. The van der Waals surface area contributed by atoms with Crippen LogP contribution in [0.2, 0.25) is 5.02 Å². The summed E-state index contributed by atoms with van der Waals surface area (Å²) in [6.45, 7) is 0. The van der Waals surface area contributed by atoms with Crippen LogP contribution in [0.5, 0.6) is 5.75 Å². The summed E-state index contributed by atoms with van der Waals surface area (Å²) in [5.41, 5.74) is 0.176. The highest BCUT2D eigenvalue weighted by Crippen LogP contribution is 2.25. The topological polar surface area (TPSA) is 53.1 Å². The number of fused-ring (bicyclic) bond motifs is 1. The molecule has 0 saturated heterocycles. The fourth-order valence-electron chi connectivity index (χ4n) is 1.24. The molecule has 0 atom stereocenters. The van der Waals surface area contributed by atoms with Gasteiger partial charge in [0.05, 0.1) is 15.9 Å². The van der Waals surface area contributed by atoms with Crippen LogP contribution in [0.3, 0.4) is 0 Å². The molecule has 13 heavy (non-hydrogen) atoms. The van der Waals surface area contributed by atoms with Crippen LogP contribution >= 0.6 is 11.6 Å². The van der Waals surface area contributed by atoms with Crippen LogP contribution in [-0.2, 0) is 0 Å². The van der Waals surface area contributed by atoms with E-state index in [2.05, 4.69) is 4.98 Å². The van der Waals surface area contributed by atoms with Crippen molar-refractivity contribution in [3.8, 4) is 5.75 Å². The van der Waals surface area contributed by atoms with Crippen molar-refractivity contribution >= 4 is 22.5 Å². The molecule has 1 aromatic carbocycles. The number of H-pyrrole nitrogens is 1. The Morgan fingerprint density at radius 3 is 2.77 bits per heavy atom. The number of halogens is 1. The highest BCUT2D eigenvalue weighted by atomic mass is 35.5. The summed E-state index contributed by atoms with van der Waals surface area (Å²) >= 11 is 5.80. The van der Waals surface area contributed by atoms with E-state index in [-0.39, 0.29) is 11.2 Å². The highest BCUT2D eigenvalue weighted by molar-refractivity contribution is 6.35. The average molecular weight is 196 g/mol. The van der Waals surface area contributed by atoms with Gasteiger partial charge >= 0.3 is 0 Å². The molecule has 0 fully saturated rings. The highest BCUT2D eigenvalue weighted by Gasteiger charge is 2.06. The predicted molar refractivity (Wildman–Crippen MR) is 51.2 cm³/mol. The zero-order chi connectivity index (χ0) is 9.42. The van der Waals surface area contributed by atoms with Crippen LogP contribution in [0.15, 0.2) is 29.2 Å². The van der Waals surface area contributed by atoms with Gasteiger partial charge < -0.3 is 10.1 Å². The number of aromatic nitrogens is 1. The maximum absolute atomic E-state index is 11.3. The second-order valence-corrected chi connectivity index (χ2v) is 3.07. The van der Waals surface area contributed by atoms with Gasteiger partial charge in [-0.15, -0.1) is 0 Å². The Hall–Kier alpha value is -1.48. The second-order valence-electron chi connectivity index (χ2n) is 2.66. The SMILES string of the molecule is O=c1cc[nH]c2c(O)ccc(Cl)c12. The van der Waals surface area contributed by atoms with Gasteiger partial charge in [0, 0.05) is 12.3 Å². The first-order valence-electron chi connectivity index (χ1n) is 3.69. The third-order valence-corrected chi connectivity index (χ3v) is 2.16. The summed E-state index contributed by atoms with van der Waals surface area (Å²) in [6.07, 6.45) is 1.47. The van der Waals surface area contributed by atoms with Gasteiger partial charge in [-0.1, -0.05) is 11.6 Å². The molecule has 2 rings (SSSR count). The largest absolute Gasteiger partial charge is 0.506 e. The van der Waals surface area contributed by atoms with Crippen LogP contribution in [-0.4, -0.2) is 10.1 Å². The molecule has 0 unspecified atom stereocenters. The summed E-state index contributed by atoms with van der Waals surface area (Å²) in [6, 6.07) is 4.31. The normalized spacial score (nSPS) is 10.5. The van der Waals surface area contributed by atoms with Crippen LogP contribution in [0.25, 0.3) is 10.9 Å². The molecular formula is C9H6ClNO2. The second kappa shape index (κ2) is 2.78. The molecule has 2 aromatic rings. The van der Waals surface area contributed by atoms with Crippen molar-refractivity contribution in [3.63, 3.8) is 0 Å². The fourth-order valence-corrected chi connectivity index (χ4v) is 1.49. The number of benzene rings is 1. The average Bonchev–Trinajstić information content (AvgIpc) is 2.12. The van der Waals surface area contributed by atoms with E-state index in [1.165, 1.54) is 24.4 Å². The molecule has 0 bridgehead atoms. The minimum Gasteiger partial charge on any atom is -0.506 e. The molecule has 0 amide bonds.